The quantitative estimate of drug-likeness (QED) is 0.606. The molecular formula is C6H10NRu. The van der Waals surface area contributed by atoms with Crippen LogP contribution in [-0.4, -0.2) is 3.31 Å². The molecule has 0 aromatic carbocycles. The van der Waals surface area contributed by atoms with E-state index in [4.69, 9.17) is 0 Å². The zero-order valence-electron chi connectivity index (χ0n) is 5.11. The first-order valence-electron chi connectivity index (χ1n) is 2.38. The number of aromatic nitrogens is 1. The molecule has 1 aromatic rings. The third-order valence-electron chi connectivity index (χ3n) is 0.926. The van der Waals surface area contributed by atoms with E-state index in [1.807, 2.05) is 0 Å². The van der Waals surface area contributed by atoms with Crippen molar-refractivity contribution in [2.75, 3.05) is 0 Å². The van der Waals surface area contributed by atoms with E-state index < -0.39 is 16.2 Å². The van der Waals surface area contributed by atoms with Crippen molar-refractivity contribution in [2.24, 2.45) is 0 Å². The van der Waals surface area contributed by atoms with Crippen LogP contribution in [0.15, 0.2) is 24.5 Å². The van der Waals surface area contributed by atoms with Crippen molar-refractivity contribution in [3.8, 4) is 0 Å². The van der Waals surface area contributed by atoms with Crippen LogP contribution in [0.5, 0.6) is 0 Å². The second-order valence-electron chi connectivity index (χ2n) is 1.68. The van der Waals surface area contributed by atoms with Crippen molar-refractivity contribution in [3.05, 3.63) is 24.5 Å². The second-order valence-corrected chi connectivity index (χ2v) is 5.87. The average Bonchev–Trinajstić information content (AvgIpc) is 2.12. The normalized spacial score (nSPS) is 11.5. The summed E-state index contributed by atoms with van der Waals surface area (Å²) in [6.07, 6.45) is 4.28. The molecule has 2 heteroatoms. The molecule has 0 fully saturated rings. The Morgan fingerprint density at radius 2 is 1.62 bits per heavy atom. The van der Waals surface area contributed by atoms with Gasteiger partial charge in [-0.05, 0) is 0 Å². The molecule has 0 aliphatic carbocycles. The molecule has 0 saturated carbocycles. The molecule has 1 rings (SSSR count). The first-order valence-corrected chi connectivity index (χ1v) is 6.64. The van der Waals surface area contributed by atoms with Gasteiger partial charge in [-0.1, -0.05) is 0 Å². The van der Waals surface area contributed by atoms with Crippen molar-refractivity contribution in [1.82, 2.24) is 3.31 Å². The van der Waals surface area contributed by atoms with Crippen LogP contribution in [-0.2, 0) is 16.2 Å². The summed E-state index contributed by atoms with van der Waals surface area (Å²) in [5.74, 6) is 0. The summed E-state index contributed by atoms with van der Waals surface area (Å²) in [4.78, 5) is 0. The Kier molecular flexibility index (Phi) is 1.85. The van der Waals surface area contributed by atoms with E-state index in [9.17, 15) is 0 Å². The van der Waals surface area contributed by atoms with E-state index in [0.29, 0.717) is 0 Å². The SMILES string of the molecule is [CH3][Ru]([CH3])[n]1cccc1. The third kappa shape index (κ3) is 1.19. The Morgan fingerprint density at radius 3 is 1.88 bits per heavy atom. The molecule has 0 aliphatic heterocycles. The van der Waals surface area contributed by atoms with Gasteiger partial charge in [-0.25, -0.2) is 0 Å². The predicted octanol–water partition coefficient (Wildman–Crippen LogP) is 1.97. The van der Waals surface area contributed by atoms with Gasteiger partial charge >= 0.3 is 55.1 Å². The summed E-state index contributed by atoms with van der Waals surface area (Å²) < 4.78 is 2.31. The number of nitrogens with zero attached hydrogens (tertiary/aromatic N) is 1. The fraction of sp³-hybridized carbons (Fsp3) is 0.333. The van der Waals surface area contributed by atoms with Crippen molar-refractivity contribution in [1.29, 1.82) is 0 Å². The van der Waals surface area contributed by atoms with Gasteiger partial charge in [0.25, 0.3) is 0 Å². The second kappa shape index (κ2) is 2.45. The van der Waals surface area contributed by atoms with Crippen LogP contribution < -0.4 is 0 Å². The van der Waals surface area contributed by atoms with Gasteiger partial charge in [0.2, 0.25) is 0 Å². The molecule has 8 heavy (non-hydrogen) atoms. The van der Waals surface area contributed by atoms with E-state index in [1.165, 1.54) is 0 Å². The summed E-state index contributed by atoms with van der Waals surface area (Å²) in [6.45, 7) is 0. The summed E-state index contributed by atoms with van der Waals surface area (Å²) in [5, 5.41) is 0. The molecule has 0 atom stereocenters. The zero-order valence-corrected chi connectivity index (χ0v) is 6.85. The molecule has 0 bridgehead atoms. The number of hydrogen-bond donors (Lipinski definition) is 0. The van der Waals surface area contributed by atoms with Crippen molar-refractivity contribution in [2.45, 2.75) is 11.0 Å². The minimum atomic E-state index is -0.601. The molecular weight excluding hydrogens is 187 g/mol. The minimum absolute atomic E-state index is 0.601. The van der Waals surface area contributed by atoms with Gasteiger partial charge in [0.15, 0.2) is 0 Å². The molecule has 1 aromatic heterocycles. The summed E-state index contributed by atoms with van der Waals surface area (Å²) >= 11 is -0.601. The average molecular weight is 197 g/mol. The Morgan fingerprint density at radius 1 is 1.12 bits per heavy atom. The van der Waals surface area contributed by atoms with E-state index in [0.717, 1.165) is 0 Å². The fourth-order valence-electron chi connectivity index (χ4n) is 0.520. The Labute approximate surface area is 55.5 Å². The van der Waals surface area contributed by atoms with E-state index >= 15 is 0 Å². The van der Waals surface area contributed by atoms with Crippen LogP contribution in [0.1, 0.15) is 0 Å². The number of hydrogen-bond acceptors (Lipinski definition) is 0. The first kappa shape index (κ1) is 6.03. The molecule has 0 N–H and O–H groups in total. The van der Waals surface area contributed by atoms with E-state index in [2.05, 4.69) is 38.9 Å². The molecule has 47 valence electrons. The van der Waals surface area contributed by atoms with Gasteiger partial charge in [-0.15, -0.1) is 0 Å². The summed E-state index contributed by atoms with van der Waals surface area (Å²) in [7, 11) is 0. The maximum absolute atomic E-state index is 2.31. The Balaban J connectivity index is 2.77. The fourth-order valence-corrected chi connectivity index (χ4v) is 1.86. The molecule has 0 spiro atoms. The van der Waals surface area contributed by atoms with Crippen LogP contribution in [0.4, 0.5) is 0 Å². The van der Waals surface area contributed by atoms with Gasteiger partial charge in [-0.2, -0.15) is 0 Å². The molecule has 0 aliphatic rings. The molecule has 0 radical (unpaired) electrons. The van der Waals surface area contributed by atoms with Crippen LogP contribution in [0, 0.1) is 0 Å². The molecule has 1 nitrogen and oxygen atoms in total. The van der Waals surface area contributed by atoms with Gasteiger partial charge in [-0.3, -0.25) is 0 Å². The maximum atomic E-state index is 2.31. The van der Waals surface area contributed by atoms with E-state index in [-0.39, 0.29) is 0 Å². The Hall–Kier alpha value is -0.0966. The monoisotopic (exact) mass is 198 g/mol. The molecule has 0 saturated heterocycles. The van der Waals surface area contributed by atoms with E-state index in [1.54, 1.807) is 0 Å². The third-order valence-corrected chi connectivity index (χ3v) is 3.24. The van der Waals surface area contributed by atoms with Crippen LogP contribution in [0.2, 0.25) is 11.0 Å². The van der Waals surface area contributed by atoms with Crippen molar-refractivity contribution >= 4 is 0 Å². The molecule has 1 heterocycles. The standard InChI is InChI=1S/C4H4N.2CH3.Ru/c1-2-4-5-3-1;;;/h1-4H;2*1H3;/q-1;;;+1. The topological polar surface area (TPSA) is 4.93 Å². The van der Waals surface area contributed by atoms with Gasteiger partial charge < -0.3 is 0 Å². The summed E-state index contributed by atoms with van der Waals surface area (Å²) in [5.41, 5.74) is 4.62. The Bertz CT molecular complexity index is 144. The zero-order chi connectivity index (χ0) is 5.98. The first-order chi connectivity index (χ1) is 3.80. The summed E-state index contributed by atoms with van der Waals surface area (Å²) in [6, 6.07) is 4.16. The van der Waals surface area contributed by atoms with Crippen molar-refractivity contribution in [3.63, 3.8) is 0 Å². The molecule has 0 unspecified atom stereocenters. The number of rotatable bonds is 1. The van der Waals surface area contributed by atoms with Crippen LogP contribution in [0.3, 0.4) is 0 Å². The van der Waals surface area contributed by atoms with Gasteiger partial charge in [0.1, 0.15) is 0 Å². The van der Waals surface area contributed by atoms with Crippen LogP contribution in [0.25, 0.3) is 0 Å². The van der Waals surface area contributed by atoms with Crippen LogP contribution >= 0.6 is 0 Å². The van der Waals surface area contributed by atoms with Gasteiger partial charge in [0, 0.05) is 0 Å². The predicted molar refractivity (Wildman–Crippen MR) is 31.6 cm³/mol. The van der Waals surface area contributed by atoms with Crippen molar-refractivity contribution < 1.29 is 16.2 Å². The van der Waals surface area contributed by atoms with Gasteiger partial charge in [0.05, 0.1) is 0 Å². The molecule has 0 amide bonds.